The maximum absolute atomic E-state index is 11.5. The molecular formula is C27H37ClN7O3S-. The van der Waals surface area contributed by atoms with Gasteiger partial charge in [-0.05, 0) is 46.1 Å². The van der Waals surface area contributed by atoms with E-state index in [1.165, 1.54) is 13.2 Å². The maximum atomic E-state index is 11.5. The summed E-state index contributed by atoms with van der Waals surface area (Å²) in [7, 11) is 9.28. The van der Waals surface area contributed by atoms with Gasteiger partial charge in [-0.1, -0.05) is 23.7 Å². The molecule has 1 unspecified atom stereocenters. The van der Waals surface area contributed by atoms with Crippen molar-refractivity contribution in [3.63, 3.8) is 0 Å². The lowest BCUT2D eigenvalue weighted by Crippen LogP contribution is -2.29. The van der Waals surface area contributed by atoms with Gasteiger partial charge in [-0.3, -0.25) is 4.21 Å². The van der Waals surface area contributed by atoms with Crippen LogP contribution >= 0.6 is 11.6 Å². The van der Waals surface area contributed by atoms with E-state index in [0.717, 1.165) is 34.5 Å². The molecule has 0 fully saturated rings. The van der Waals surface area contributed by atoms with Crippen LogP contribution in [0.4, 0.5) is 39.9 Å². The molecule has 0 aliphatic heterocycles. The Balaban J connectivity index is 1.95. The Morgan fingerprint density at radius 1 is 0.974 bits per heavy atom. The minimum Gasteiger partial charge on any atom is -0.755 e. The van der Waals surface area contributed by atoms with E-state index in [2.05, 4.69) is 65.7 Å². The highest BCUT2D eigenvalue weighted by molar-refractivity contribution is 7.80. The van der Waals surface area contributed by atoms with Crippen molar-refractivity contribution in [3.8, 4) is 5.75 Å². The zero-order valence-electron chi connectivity index (χ0n) is 23.4. The van der Waals surface area contributed by atoms with Gasteiger partial charge in [-0.25, -0.2) is 4.98 Å². The van der Waals surface area contributed by atoms with Crippen molar-refractivity contribution >= 4 is 62.8 Å². The number of halogens is 1. The van der Waals surface area contributed by atoms with Crippen molar-refractivity contribution in [2.75, 3.05) is 73.5 Å². The van der Waals surface area contributed by atoms with Crippen LogP contribution in [0.1, 0.15) is 13.8 Å². The maximum Gasteiger partial charge on any atom is 0.144 e. The van der Waals surface area contributed by atoms with Gasteiger partial charge in [0.2, 0.25) is 0 Å². The first-order valence-electron chi connectivity index (χ1n) is 12.5. The van der Waals surface area contributed by atoms with E-state index in [1.807, 2.05) is 18.2 Å². The molecule has 0 aliphatic carbocycles. The van der Waals surface area contributed by atoms with Crippen LogP contribution in [0.3, 0.4) is 0 Å². The molecule has 39 heavy (non-hydrogen) atoms. The first-order chi connectivity index (χ1) is 18.5. The van der Waals surface area contributed by atoms with Gasteiger partial charge < -0.3 is 39.3 Å². The Labute approximate surface area is 238 Å². The lowest BCUT2D eigenvalue weighted by atomic mass is 10.1. The highest BCUT2D eigenvalue weighted by atomic mass is 35.5. The molecule has 0 saturated carbocycles. The number of rotatable bonds is 13. The van der Waals surface area contributed by atoms with Gasteiger partial charge in [0, 0.05) is 56.6 Å². The van der Waals surface area contributed by atoms with E-state index in [-0.39, 0.29) is 6.04 Å². The fourth-order valence-corrected chi connectivity index (χ4v) is 4.34. The minimum absolute atomic E-state index is 0.221. The monoisotopic (exact) mass is 574 g/mol. The summed E-state index contributed by atoms with van der Waals surface area (Å²) in [6, 6.07) is 13.1. The highest BCUT2D eigenvalue weighted by Crippen LogP contribution is 2.39. The summed E-state index contributed by atoms with van der Waals surface area (Å²) < 4.78 is 30.0. The lowest BCUT2D eigenvalue weighted by Gasteiger charge is -2.27. The number of hydrogen-bond acceptors (Lipinski definition) is 9. The second-order valence-corrected chi connectivity index (χ2v) is 11.0. The number of benzene rings is 2. The van der Waals surface area contributed by atoms with Gasteiger partial charge in [0.15, 0.2) is 0 Å². The van der Waals surface area contributed by atoms with E-state index in [0.29, 0.717) is 33.7 Å². The first kappa shape index (κ1) is 30.3. The molecule has 212 valence electrons. The number of ether oxygens (including phenoxy) is 1. The number of pyridine rings is 1. The predicted molar refractivity (Wildman–Crippen MR) is 163 cm³/mol. The average Bonchev–Trinajstić information content (AvgIpc) is 2.88. The van der Waals surface area contributed by atoms with Gasteiger partial charge in [-0.15, -0.1) is 0 Å². The summed E-state index contributed by atoms with van der Waals surface area (Å²) in [4.78, 5) is 8.79. The Morgan fingerprint density at radius 3 is 2.33 bits per heavy atom. The number of aromatic nitrogens is 1. The van der Waals surface area contributed by atoms with E-state index < -0.39 is 11.3 Å². The van der Waals surface area contributed by atoms with Gasteiger partial charge in [0.25, 0.3) is 0 Å². The number of nitrogens with one attached hydrogen (secondary N) is 3. The lowest BCUT2D eigenvalue weighted by molar-refractivity contribution is 0.413. The molecule has 3 aromatic rings. The van der Waals surface area contributed by atoms with Crippen molar-refractivity contribution in [1.82, 2.24) is 9.88 Å². The van der Waals surface area contributed by atoms with Gasteiger partial charge in [0.1, 0.15) is 11.6 Å². The topological polar surface area (TPSA) is 108 Å². The summed E-state index contributed by atoms with van der Waals surface area (Å²) in [5.74, 6) is 1.19. The molecule has 3 rings (SSSR count). The molecule has 2 aromatic carbocycles. The van der Waals surface area contributed by atoms with Crippen LogP contribution in [-0.2, 0) is 11.3 Å². The van der Waals surface area contributed by atoms with Crippen LogP contribution in [0.25, 0.3) is 0 Å². The summed E-state index contributed by atoms with van der Waals surface area (Å²) in [6.45, 7) is 5.95. The van der Waals surface area contributed by atoms with Crippen molar-refractivity contribution in [1.29, 1.82) is 0 Å². The quantitative estimate of drug-likeness (QED) is 0.235. The van der Waals surface area contributed by atoms with Crippen LogP contribution in [0.2, 0.25) is 5.02 Å². The Hall–Kier alpha value is -3.25. The third kappa shape index (κ3) is 8.12. The van der Waals surface area contributed by atoms with Gasteiger partial charge in [0.05, 0.1) is 52.5 Å². The number of nitrogens with zero attached hydrogens (tertiary/aromatic N) is 4. The Morgan fingerprint density at radius 2 is 1.69 bits per heavy atom. The van der Waals surface area contributed by atoms with Crippen LogP contribution in [-0.4, -0.2) is 73.1 Å². The Kier molecular flexibility index (Phi) is 10.6. The molecule has 0 saturated heterocycles. The summed E-state index contributed by atoms with van der Waals surface area (Å²) >= 11 is 4.03. The molecule has 0 spiro atoms. The molecule has 1 heterocycles. The second kappa shape index (κ2) is 13.7. The van der Waals surface area contributed by atoms with Crippen molar-refractivity contribution < 1.29 is 13.5 Å². The number of methoxy groups -OCH3 is 1. The summed E-state index contributed by atoms with van der Waals surface area (Å²) in [6.07, 6.45) is 1.54. The number of para-hydroxylation sites is 2. The van der Waals surface area contributed by atoms with E-state index in [9.17, 15) is 8.76 Å². The standard InChI is InChI=1S/C27H38ClN7O3S/c1-18(2)30-22-14-23(26(38-7)16-25(22)34(5)13-12-33(3)4)32-27-15-21(19(28)17-29-27)31-20-10-8-9-11-24(20)35(6)39(36)37/h8-11,14-18,30H,12-13H2,1-7H3,(H,36,37)(H2,29,31,32)/p-1. The molecule has 10 nitrogen and oxygen atoms in total. The molecule has 0 aliphatic rings. The number of anilines is 7. The van der Waals surface area contributed by atoms with E-state index >= 15 is 0 Å². The second-order valence-electron chi connectivity index (χ2n) is 9.62. The predicted octanol–water partition coefficient (Wildman–Crippen LogP) is 5.28. The first-order valence-corrected chi connectivity index (χ1v) is 13.9. The molecule has 0 bridgehead atoms. The van der Waals surface area contributed by atoms with E-state index in [4.69, 9.17) is 16.3 Å². The zero-order chi connectivity index (χ0) is 28.7. The van der Waals surface area contributed by atoms with Crippen molar-refractivity contribution in [3.05, 3.63) is 53.7 Å². The number of hydrogen-bond donors (Lipinski definition) is 3. The molecule has 3 N–H and O–H groups in total. The number of likely N-dealkylation sites (N-methyl/N-ethyl adjacent to an activating group) is 2. The van der Waals surface area contributed by atoms with Crippen LogP contribution in [0.5, 0.6) is 5.75 Å². The van der Waals surface area contributed by atoms with Crippen LogP contribution < -0.4 is 29.9 Å². The Bertz CT molecular complexity index is 1290. The molecule has 1 aromatic heterocycles. The molecular weight excluding hydrogens is 538 g/mol. The fraction of sp³-hybridized carbons (Fsp3) is 0.370. The summed E-state index contributed by atoms with van der Waals surface area (Å²) in [5.41, 5.74) is 4.34. The minimum atomic E-state index is -2.43. The average molecular weight is 575 g/mol. The third-order valence-corrected chi connectivity index (χ3v) is 6.86. The van der Waals surface area contributed by atoms with Crippen molar-refractivity contribution in [2.45, 2.75) is 19.9 Å². The zero-order valence-corrected chi connectivity index (χ0v) is 25.0. The highest BCUT2D eigenvalue weighted by Gasteiger charge is 2.17. The molecule has 12 heteroatoms. The third-order valence-electron chi connectivity index (χ3n) is 5.91. The smallest absolute Gasteiger partial charge is 0.144 e. The van der Waals surface area contributed by atoms with Crippen LogP contribution in [0.15, 0.2) is 48.7 Å². The summed E-state index contributed by atoms with van der Waals surface area (Å²) in [5, 5.41) is 10.5. The fourth-order valence-electron chi connectivity index (χ4n) is 3.87. The SMILES string of the molecule is COc1cc(N(C)CCN(C)C)c(NC(C)C)cc1Nc1cc(Nc2ccccc2N(C)S(=O)[O-])c(Cl)cn1. The van der Waals surface area contributed by atoms with Gasteiger partial charge >= 0.3 is 0 Å². The molecule has 1 atom stereocenters. The molecule has 0 amide bonds. The molecule has 0 radical (unpaired) electrons. The normalized spacial score (nSPS) is 11.9. The van der Waals surface area contributed by atoms with Crippen LogP contribution in [0, 0.1) is 0 Å². The van der Waals surface area contributed by atoms with Crippen molar-refractivity contribution in [2.24, 2.45) is 0 Å². The largest absolute Gasteiger partial charge is 0.755 e. The van der Waals surface area contributed by atoms with E-state index in [1.54, 1.807) is 31.4 Å². The van der Waals surface area contributed by atoms with Gasteiger partial charge in [-0.2, -0.15) is 0 Å².